The second-order valence-electron chi connectivity index (χ2n) is 7.01. The van der Waals surface area contributed by atoms with E-state index >= 15 is 0 Å². The zero-order valence-electron chi connectivity index (χ0n) is 15.9. The molecule has 1 aromatic heterocycles. The summed E-state index contributed by atoms with van der Waals surface area (Å²) in [6, 6.07) is 23.9. The Balaban J connectivity index is 1.69. The molecule has 1 unspecified atom stereocenters. The van der Waals surface area contributed by atoms with Gasteiger partial charge in [-0.3, -0.25) is 4.79 Å². The van der Waals surface area contributed by atoms with E-state index in [9.17, 15) is 9.18 Å². The van der Waals surface area contributed by atoms with Gasteiger partial charge in [-0.05, 0) is 52.9 Å². The van der Waals surface area contributed by atoms with Gasteiger partial charge in [-0.15, -0.1) is 0 Å². The standard InChI is InChI=1S/C24H20ClFN2O/c1-28-22-14-21(26)12-9-18(22)13-19(24(28)29)15-27-23(16-5-3-2-4-6-16)17-7-10-20(25)11-8-17/h2-14,23,27H,15H2,1H3. The molecule has 0 amide bonds. The molecule has 4 aromatic rings. The van der Waals surface area contributed by atoms with Gasteiger partial charge < -0.3 is 9.88 Å². The fourth-order valence-corrected chi connectivity index (χ4v) is 3.70. The molecule has 0 radical (unpaired) electrons. The van der Waals surface area contributed by atoms with Crippen LogP contribution in [0.25, 0.3) is 10.9 Å². The van der Waals surface area contributed by atoms with Crippen LogP contribution in [-0.4, -0.2) is 4.57 Å². The summed E-state index contributed by atoms with van der Waals surface area (Å²) >= 11 is 6.05. The predicted octanol–water partition coefficient (Wildman–Crippen LogP) is 5.21. The molecule has 3 nitrogen and oxygen atoms in total. The number of aryl methyl sites for hydroxylation is 1. The van der Waals surface area contributed by atoms with Gasteiger partial charge in [-0.1, -0.05) is 54.1 Å². The van der Waals surface area contributed by atoms with Crippen LogP contribution in [0.15, 0.2) is 83.7 Å². The molecule has 0 aliphatic carbocycles. The third kappa shape index (κ3) is 4.09. The van der Waals surface area contributed by atoms with Crippen molar-refractivity contribution in [2.75, 3.05) is 0 Å². The Kier molecular flexibility index (Phi) is 5.47. The highest BCUT2D eigenvalue weighted by Crippen LogP contribution is 2.24. The topological polar surface area (TPSA) is 34.0 Å². The van der Waals surface area contributed by atoms with Crippen molar-refractivity contribution in [3.05, 3.63) is 117 Å². The summed E-state index contributed by atoms with van der Waals surface area (Å²) in [4.78, 5) is 12.8. The van der Waals surface area contributed by atoms with Gasteiger partial charge in [0.25, 0.3) is 5.56 Å². The van der Waals surface area contributed by atoms with Crippen LogP contribution in [0.5, 0.6) is 0 Å². The normalized spacial score (nSPS) is 12.2. The monoisotopic (exact) mass is 406 g/mol. The van der Waals surface area contributed by atoms with Crippen LogP contribution in [0.1, 0.15) is 22.7 Å². The average molecular weight is 407 g/mol. The molecule has 29 heavy (non-hydrogen) atoms. The van der Waals surface area contributed by atoms with Crippen molar-refractivity contribution < 1.29 is 4.39 Å². The highest BCUT2D eigenvalue weighted by atomic mass is 35.5. The van der Waals surface area contributed by atoms with Crippen LogP contribution in [-0.2, 0) is 13.6 Å². The highest BCUT2D eigenvalue weighted by Gasteiger charge is 2.15. The van der Waals surface area contributed by atoms with Gasteiger partial charge in [0.2, 0.25) is 0 Å². The molecule has 0 bridgehead atoms. The Morgan fingerprint density at radius 3 is 2.38 bits per heavy atom. The van der Waals surface area contributed by atoms with Crippen LogP contribution in [0.3, 0.4) is 0 Å². The SMILES string of the molecule is Cn1c(=O)c(CNC(c2ccccc2)c2ccc(Cl)cc2)cc2ccc(F)cc21. The Bertz CT molecular complexity index is 1200. The van der Waals surface area contributed by atoms with E-state index in [1.807, 2.05) is 60.7 Å². The predicted molar refractivity (Wildman–Crippen MR) is 116 cm³/mol. The number of hydrogen-bond donors (Lipinski definition) is 1. The second-order valence-corrected chi connectivity index (χ2v) is 7.45. The molecular formula is C24H20ClFN2O. The van der Waals surface area contributed by atoms with E-state index in [4.69, 9.17) is 11.6 Å². The number of aromatic nitrogens is 1. The van der Waals surface area contributed by atoms with Crippen LogP contribution < -0.4 is 10.9 Å². The summed E-state index contributed by atoms with van der Waals surface area (Å²) in [5.74, 6) is -0.356. The van der Waals surface area contributed by atoms with E-state index in [1.165, 1.54) is 16.7 Å². The third-order valence-corrected chi connectivity index (χ3v) is 5.35. The maximum absolute atomic E-state index is 13.6. The fourth-order valence-electron chi connectivity index (χ4n) is 3.57. The summed E-state index contributed by atoms with van der Waals surface area (Å²) in [6.45, 7) is 0.377. The van der Waals surface area contributed by atoms with Crippen molar-refractivity contribution in [1.82, 2.24) is 9.88 Å². The Hall–Kier alpha value is -2.95. The molecule has 0 saturated carbocycles. The minimum absolute atomic E-state index is 0.0953. The van der Waals surface area contributed by atoms with Gasteiger partial charge in [-0.25, -0.2) is 4.39 Å². The lowest BCUT2D eigenvalue weighted by Gasteiger charge is -2.20. The molecule has 1 atom stereocenters. The van der Waals surface area contributed by atoms with E-state index in [0.717, 1.165) is 16.5 Å². The lowest BCUT2D eigenvalue weighted by atomic mass is 9.98. The van der Waals surface area contributed by atoms with Gasteiger partial charge in [-0.2, -0.15) is 0 Å². The van der Waals surface area contributed by atoms with E-state index in [-0.39, 0.29) is 17.4 Å². The van der Waals surface area contributed by atoms with Gasteiger partial charge in [0.1, 0.15) is 5.82 Å². The Labute approximate surface area is 173 Å². The van der Waals surface area contributed by atoms with Gasteiger partial charge >= 0.3 is 0 Å². The van der Waals surface area contributed by atoms with E-state index < -0.39 is 0 Å². The molecule has 0 fully saturated rings. The number of pyridine rings is 1. The summed E-state index contributed by atoms with van der Waals surface area (Å²) < 4.78 is 15.1. The molecule has 5 heteroatoms. The van der Waals surface area contributed by atoms with Gasteiger partial charge in [0.15, 0.2) is 0 Å². The second kappa shape index (κ2) is 8.19. The number of nitrogens with zero attached hydrogens (tertiary/aromatic N) is 1. The van der Waals surface area contributed by atoms with Crippen molar-refractivity contribution >= 4 is 22.5 Å². The zero-order chi connectivity index (χ0) is 20.4. The summed E-state index contributed by atoms with van der Waals surface area (Å²) in [5.41, 5.74) is 3.21. The third-order valence-electron chi connectivity index (χ3n) is 5.10. The van der Waals surface area contributed by atoms with E-state index in [0.29, 0.717) is 22.6 Å². The molecule has 3 aromatic carbocycles. The quantitative estimate of drug-likeness (QED) is 0.493. The molecule has 0 spiro atoms. The number of benzene rings is 3. The maximum Gasteiger partial charge on any atom is 0.255 e. The molecule has 0 aliphatic heterocycles. The first kappa shape index (κ1) is 19.4. The summed E-state index contributed by atoms with van der Waals surface area (Å²) in [7, 11) is 1.67. The molecular weight excluding hydrogens is 387 g/mol. The molecule has 1 N–H and O–H groups in total. The largest absolute Gasteiger partial charge is 0.311 e. The van der Waals surface area contributed by atoms with Crippen LogP contribution in [0, 0.1) is 5.82 Å². The number of hydrogen-bond acceptors (Lipinski definition) is 2. The minimum Gasteiger partial charge on any atom is -0.311 e. The van der Waals surface area contributed by atoms with Gasteiger partial charge in [0.05, 0.1) is 11.6 Å². The first-order valence-corrected chi connectivity index (χ1v) is 9.73. The number of fused-ring (bicyclic) bond motifs is 1. The Morgan fingerprint density at radius 1 is 0.966 bits per heavy atom. The number of nitrogens with one attached hydrogen (secondary N) is 1. The fraction of sp³-hybridized carbons (Fsp3) is 0.125. The van der Waals surface area contributed by atoms with Crippen LogP contribution in [0.2, 0.25) is 5.02 Å². The molecule has 1 heterocycles. The zero-order valence-corrected chi connectivity index (χ0v) is 16.7. The summed E-state index contributed by atoms with van der Waals surface area (Å²) in [5, 5.41) is 5.01. The lowest BCUT2D eigenvalue weighted by molar-refractivity contribution is 0.599. The van der Waals surface area contributed by atoms with E-state index in [1.54, 1.807) is 13.1 Å². The lowest BCUT2D eigenvalue weighted by Crippen LogP contribution is -2.28. The van der Waals surface area contributed by atoms with Gasteiger partial charge in [0, 0.05) is 24.2 Å². The molecule has 0 aliphatic rings. The van der Waals surface area contributed by atoms with Crippen LogP contribution in [0.4, 0.5) is 4.39 Å². The van der Waals surface area contributed by atoms with E-state index in [2.05, 4.69) is 5.32 Å². The van der Waals surface area contributed by atoms with Crippen LogP contribution >= 0.6 is 11.6 Å². The first-order valence-electron chi connectivity index (χ1n) is 9.35. The summed E-state index contributed by atoms with van der Waals surface area (Å²) in [6.07, 6.45) is 0. The van der Waals surface area contributed by atoms with Crippen molar-refractivity contribution in [2.45, 2.75) is 12.6 Å². The van der Waals surface area contributed by atoms with Crippen molar-refractivity contribution in [2.24, 2.45) is 7.05 Å². The number of halogens is 2. The average Bonchev–Trinajstić information content (AvgIpc) is 2.74. The van der Waals surface area contributed by atoms with Crippen molar-refractivity contribution in [3.8, 4) is 0 Å². The number of rotatable bonds is 5. The highest BCUT2D eigenvalue weighted by molar-refractivity contribution is 6.30. The smallest absolute Gasteiger partial charge is 0.255 e. The first-order chi connectivity index (χ1) is 14.0. The molecule has 4 rings (SSSR count). The van der Waals surface area contributed by atoms with Crippen molar-refractivity contribution in [1.29, 1.82) is 0 Å². The minimum atomic E-state index is -0.356. The maximum atomic E-state index is 13.6. The Morgan fingerprint density at radius 2 is 1.66 bits per heavy atom. The molecule has 0 saturated heterocycles. The van der Waals surface area contributed by atoms with Crippen molar-refractivity contribution in [3.63, 3.8) is 0 Å². The molecule has 146 valence electrons.